The molecule has 0 aliphatic carbocycles. The standard InChI is InChI=1S/C9H9Cl2F2NO2/c10-4-1-5(7(16)6(11)2-4)8(14)9(12,13)3-15/h1-2,8,15-16H,3,14H2/t8-/m0/s1. The van der Waals surface area contributed by atoms with Crippen LogP contribution < -0.4 is 5.73 Å². The molecule has 90 valence electrons. The molecule has 1 rings (SSSR count). The van der Waals surface area contributed by atoms with E-state index in [0.29, 0.717) is 0 Å². The van der Waals surface area contributed by atoms with E-state index < -0.39 is 24.3 Å². The van der Waals surface area contributed by atoms with Crippen LogP contribution in [0.3, 0.4) is 0 Å². The minimum absolute atomic E-state index is 0.0713. The molecule has 0 radical (unpaired) electrons. The molecule has 0 saturated carbocycles. The highest BCUT2D eigenvalue weighted by Gasteiger charge is 2.39. The molecule has 3 nitrogen and oxygen atoms in total. The first-order valence-electron chi connectivity index (χ1n) is 4.21. The molecule has 7 heteroatoms. The number of alkyl halides is 2. The predicted molar refractivity (Wildman–Crippen MR) is 57.1 cm³/mol. The van der Waals surface area contributed by atoms with E-state index in [1.54, 1.807) is 0 Å². The molecule has 0 aromatic heterocycles. The van der Waals surface area contributed by atoms with Crippen LogP contribution in [0, 0.1) is 0 Å². The molecule has 0 aliphatic heterocycles. The molecule has 0 saturated heterocycles. The van der Waals surface area contributed by atoms with Gasteiger partial charge in [-0.1, -0.05) is 23.2 Å². The number of rotatable bonds is 3. The fourth-order valence-corrected chi connectivity index (χ4v) is 1.66. The number of phenols is 1. The van der Waals surface area contributed by atoms with E-state index in [1.807, 2.05) is 0 Å². The molecule has 0 fully saturated rings. The van der Waals surface area contributed by atoms with Gasteiger partial charge in [0.1, 0.15) is 18.4 Å². The van der Waals surface area contributed by atoms with E-state index in [9.17, 15) is 13.9 Å². The van der Waals surface area contributed by atoms with Gasteiger partial charge in [-0.05, 0) is 12.1 Å². The largest absolute Gasteiger partial charge is 0.506 e. The molecule has 0 amide bonds. The lowest BCUT2D eigenvalue weighted by atomic mass is 10.0. The highest BCUT2D eigenvalue weighted by Crippen LogP contribution is 2.39. The van der Waals surface area contributed by atoms with Crippen LogP contribution in [0.4, 0.5) is 8.78 Å². The number of hydrogen-bond donors (Lipinski definition) is 3. The number of aliphatic hydroxyl groups excluding tert-OH is 1. The predicted octanol–water partition coefficient (Wildman–Crippen LogP) is 2.33. The zero-order valence-electron chi connectivity index (χ0n) is 7.92. The Morgan fingerprint density at radius 2 is 1.94 bits per heavy atom. The minimum atomic E-state index is -3.56. The Morgan fingerprint density at radius 1 is 1.38 bits per heavy atom. The van der Waals surface area contributed by atoms with Gasteiger partial charge in [0.25, 0.3) is 5.92 Å². The van der Waals surface area contributed by atoms with Gasteiger partial charge in [-0.15, -0.1) is 0 Å². The zero-order chi connectivity index (χ0) is 12.5. The average molecular weight is 272 g/mol. The lowest BCUT2D eigenvalue weighted by Gasteiger charge is -2.22. The van der Waals surface area contributed by atoms with Gasteiger partial charge >= 0.3 is 0 Å². The van der Waals surface area contributed by atoms with Crippen molar-refractivity contribution in [2.24, 2.45) is 5.73 Å². The van der Waals surface area contributed by atoms with Crippen molar-refractivity contribution in [1.82, 2.24) is 0 Å². The first kappa shape index (κ1) is 13.4. The summed E-state index contributed by atoms with van der Waals surface area (Å²) >= 11 is 11.2. The van der Waals surface area contributed by atoms with Gasteiger partial charge in [0.2, 0.25) is 0 Å². The molecule has 1 aromatic carbocycles. The quantitative estimate of drug-likeness (QED) is 0.791. The summed E-state index contributed by atoms with van der Waals surface area (Å²) in [4.78, 5) is 0. The summed E-state index contributed by atoms with van der Waals surface area (Å²) < 4.78 is 26.2. The topological polar surface area (TPSA) is 66.5 Å². The lowest BCUT2D eigenvalue weighted by molar-refractivity contribution is -0.0715. The van der Waals surface area contributed by atoms with E-state index in [2.05, 4.69) is 0 Å². The summed E-state index contributed by atoms with van der Waals surface area (Å²) in [6.07, 6.45) is 0. The zero-order valence-corrected chi connectivity index (χ0v) is 9.43. The molecular weight excluding hydrogens is 263 g/mol. The molecule has 4 N–H and O–H groups in total. The molecular formula is C9H9Cl2F2NO2. The van der Waals surface area contributed by atoms with E-state index in [4.69, 9.17) is 34.0 Å². The Balaban J connectivity index is 3.23. The number of phenolic OH excluding ortho intramolecular Hbond substituents is 1. The number of hydrogen-bond acceptors (Lipinski definition) is 3. The monoisotopic (exact) mass is 271 g/mol. The maximum absolute atomic E-state index is 13.1. The SMILES string of the molecule is N[C@@H](c1cc(Cl)cc(Cl)c1O)C(F)(F)CO. The number of nitrogens with two attached hydrogens (primary N) is 1. The van der Waals surface area contributed by atoms with E-state index in [0.717, 1.165) is 6.07 Å². The molecule has 1 aromatic rings. The number of halogens is 4. The Kier molecular flexibility index (Phi) is 3.96. The van der Waals surface area contributed by atoms with Gasteiger partial charge in [0, 0.05) is 10.6 Å². The highest BCUT2D eigenvalue weighted by atomic mass is 35.5. The van der Waals surface area contributed by atoms with Crippen LogP contribution in [0.25, 0.3) is 0 Å². The van der Waals surface area contributed by atoms with Crippen molar-refractivity contribution in [3.8, 4) is 5.75 Å². The third-order valence-corrected chi connectivity index (χ3v) is 2.56. The van der Waals surface area contributed by atoms with Gasteiger partial charge in [-0.2, -0.15) is 0 Å². The first-order valence-corrected chi connectivity index (χ1v) is 4.97. The smallest absolute Gasteiger partial charge is 0.289 e. The molecule has 0 bridgehead atoms. The van der Waals surface area contributed by atoms with Gasteiger partial charge < -0.3 is 15.9 Å². The lowest BCUT2D eigenvalue weighted by Crippen LogP contribution is -2.36. The highest BCUT2D eigenvalue weighted by molar-refractivity contribution is 6.35. The number of aromatic hydroxyl groups is 1. The van der Waals surface area contributed by atoms with Crippen molar-refractivity contribution in [2.75, 3.05) is 6.61 Å². The average Bonchev–Trinajstić information content (AvgIpc) is 2.22. The van der Waals surface area contributed by atoms with E-state index in [-0.39, 0.29) is 15.6 Å². The van der Waals surface area contributed by atoms with Crippen LogP contribution >= 0.6 is 23.2 Å². The van der Waals surface area contributed by atoms with Crippen molar-refractivity contribution < 1.29 is 19.0 Å². The Labute approximate surface area is 100 Å². The van der Waals surface area contributed by atoms with Crippen LogP contribution in [0.5, 0.6) is 5.75 Å². The summed E-state index contributed by atoms with van der Waals surface area (Å²) in [5, 5.41) is 17.8. The van der Waals surface area contributed by atoms with Gasteiger partial charge in [0.05, 0.1) is 5.02 Å². The van der Waals surface area contributed by atoms with Crippen molar-refractivity contribution >= 4 is 23.2 Å². The van der Waals surface area contributed by atoms with E-state index in [1.165, 1.54) is 6.07 Å². The van der Waals surface area contributed by atoms with E-state index >= 15 is 0 Å². The third kappa shape index (κ3) is 2.55. The summed E-state index contributed by atoms with van der Waals surface area (Å²) in [7, 11) is 0. The van der Waals surface area contributed by atoms with Gasteiger partial charge in [-0.25, -0.2) is 8.78 Å². The van der Waals surface area contributed by atoms with Crippen LogP contribution in [0.15, 0.2) is 12.1 Å². The second-order valence-corrected chi connectivity index (χ2v) is 4.07. The van der Waals surface area contributed by atoms with Crippen molar-refractivity contribution in [3.05, 3.63) is 27.7 Å². The molecule has 1 atom stereocenters. The molecule has 16 heavy (non-hydrogen) atoms. The minimum Gasteiger partial charge on any atom is -0.506 e. The summed E-state index contributed by atoms with van der Waals surface area (Å²) in [6.45, 7) is -1.43. The number of benzene rings is 1. The van der Waals surface area contributed by atoms with Crippen LogP contribution in [0.1, 0.15) is 11.6 Å². The second kappa shape index (κ2) is 4.71. The number of aliphatic hydroxyl groups is 1. The molecule has 0 heterocycles. The van der Waals surface area contributed by atoms with Crippen molar-refractivity contribution in [2.45, 2.75) is 12.0 Å². The second-order valence-electron chi connectivity index (χ2n) is 3.22. The van der Waals surface area contributed by atoms with Gasteiger partial charge in [-0.3, -0.25) is 0 Å². The molecule has 0 aliphatic rings. The van der Waals surface area contributed by atoms with Gasteiger partial charge in [0.15, 0.2) is 0 Å². The fourth-order valence-electron chi connectivity index (χ4n) is 1.15. The van der Waals surface area contributed by atoms with Crippen LogP contribution in [0.2, 0.25) is 10.0 Å². The maximum atomic E-state index is 13.1. The molecule has 0 unspecified atom stereocenters. The maximum Gasteiger partial charge on any atom is 0.289 e. The summed E-state index contributed by atoms with van der Waals surface area (Å²) in [6, 6.07) is 0.400. The van der Waals surface area contributed by atoms with Crippen LogP contribution in [-0.2, 0) is 0 Å². The Bertz CT molecular complexity index is 401. The van der Waals surface area contributed by atoms with Crippen molar-refractivity contribution in [1.29, 1.82) is 0 Å². The Hall–Kier alpha value is -0.620. The van der Waals surface area contributed by atoms with Crippen molar-refractivity contribution in [3.63, 3.8) is 0 Å². The Morgan fingerprint density at radius 3 is 2.44 bits per heavy atom. The molecule has 0 spiro atoms. The summed E-state index contributed by atoms with van der Waals surface area (Å²) in [5.74, 6) is -4.13. The fraction of sp³-hybridized carbons (Fsp3) is 0.333. The van der Waals surface area contributed by atoms with Crippen LogP contribution in [-0.4, -0.2) is 22.7 Å². The third-order valence-electron chi connectivity index (χ3n) is 2.06. The summed E-state index contributed by atoms with van der Waals surface area (Å²) in [5.41, 5.74) is 4.93. The normalized spacial score (nSPS) is 13.9. The first-order chi connectivity index (χ1) is 7.29.